The fourth-order valence-corrected chi connectivity index (χ4v) is 2.12. The molecule has 1 aromatic rings. The highest BCUT2D eigenvalue weighted by molar-refractivity contribution is 5.97. The first-order valence-electron chi connectivity index (χ1n) is 8.01. The minimum absolute atomic E-state index is 0. The van der Waals surface area contributed by atoms with Gasteiger partial charge in [0.25, 0.3) is 11.8 Å². The van der Waals surface area contributed by atoms with Crippen LogP contribution < -0.4 is 10.6 Å². The monoisotopic (exact) mass is 357 g/mol. The van der Waals surface area contributed by atoms with Crippen molar-refractivity contribution in [3.05, 3.63) is 35.4 Å². The molecule has 0 aliphatic carbocycles. The van der Waals surface area contributed by atoms with E-state index < -0.39 is 0 Å². The Morgan fingerprint density at radius 1 is 1.00 bits per heavy atom. The molecule has 2 amide bonds. The number of carbonyl (C=O) groups is 2. The van der Waals surface area contributed by atoms with Gasteiger partial charge in [0.1, 0.15) is 0 Å². The normalized spacial score (nSPS) is 9.96. The van der Waals surface area contributed by atoms with Crippen LogP contribution in [0.15, 0.2) is 24.3 Å². The van der Waals surface area contributed by atoms with Crippen LogP contribution in [0.3, 0.4) is 0 Å². The lowest BCUT2D eigenvalue weighted by Gasteiger charge is -2.18. The highest BCUT2D eigenvalue weighted by atomic mass is 35.5. The SMILES string of the molecule is CCN(CC)C(=O)c1ccc(C(=O)NCCNCCOC)cc1.Cl. The van der Waals surface area contributed by atoms with E-state index in [-0.39, 0.29) is 24.2 Å². The zero-order valence-corrected chi connectivity index (χ0v) is 15.4. The lowest BCUT2D eigenvalue weighted by atomic mass is 10.1. The van der Waals surface area contributed by atoms with E-state index in [1.54, 1.807) is 36.3 Å². The van der Waals surface area contributed by atoms with Crippen LogP contribution in [0.5, 0.6) is 0 Å². The number of methoxy groups -OCH3 is 1. The van der Waals surface area contributed by atoms with Crippen molar-refractivity contribution >= 4 is 24.2 Å². The Morgan fingerprint density at radius 3 is 2.12 bits per heavy atom. The average molecular weight is 358 g/mol. The minimum atomic E-state index is -0.139. The van der Waals surface area contributed by atoms with Crippen molar-refractivity contribution < 1.29 is 14.3 Å². The Balaban J connectivity index is 0.00000529. The molecule has 136 valence electrons. The molecule has 0 radical (unpaired) electrons. The largest absolute Gasteiger partial charge is 0.383 e. The van der Waals surface area contributed by atoms with Crippen LogP contribution in [0.1, 0.15) is 34.6 Å². The number of nitrogens with one attached hydrogen (secondary N) is 2. The molecule has 1 rings (SSSR count). The summed E-state index contributed by atoms with van der Waals surface area (Å²) in [4.78, 5) is 25.9. The number of ether oxygens (including phenoxy) is 1. The Hall–Kier alpha value is -1.63. The third-order valence-corrected chi connectivity index (χ3v) is 3.51. The van der Waals surface area contributed by atoms with Gasteiger partial charge in [-0.3, -0.25) is 9.59 Å². The standard InChI is InChI=1S/C17H27N3O3.ClH/c1-4-20(5-2)17(22)15-8-6-14(7-9-15)16(21)19-11-10-18-12-13-23-3;/h6-9,18H,4-5,10-13H2,1-3H3,(H,19,21);1H. The summed E-state index contributed by atoms with van der Waals surface area (Å²) in [7, 11) is 1.65. The Bertz CT molecular complexity index is 490. The molecule has 1 aromatic carbocycles. The molecule has 0 aliphatic rings. The molecule has 7 heteroatoms. The van der Waals surface area contributed by atoms with Crippen molar-refractivity contribution in [1.82, 2.24) is 15.5 Å². The first-order chi connectivity index (χ1) is 11.1. The maximum Gasteiger partial charge on any atom is 0.253 e. The lowest BCUT2D eigenvalue weighted by molar-refractivity contribution is 0.0772. The number of amides is 2. The smallest absolute Gasteiger partial charge is 0.253 e. The van der Waals surface area contributed by atoms with E-state index in [4.69, 9.17) is 4.74 Å². The zero-order valence-electron chi connectivity index (χ0n) is 14.6. The third kappa shape index (κ3) is 7.29. The molecule has 0 atom stereocenters. The van der Waals surface area contributed by atoms with Gasteiger partial charge in [-0.25, -0.2) is 0 Å². The number of hydrogen-bond donors (Lipinski definition) is 2. The molecule has 24 heavy (non-hydrogen) atoms. The van der Waals surface area contributed by atoms with Crippen molar-refractivity contribution in [2.24, 2.45) is 0 Å². The molecular formula is C17H28ClN3O3. The van der Waals surface area contributed by atoms with Gasteiger partial charge in [0.15, 0.2) is 0 Å². The van der Waals surface area contributed by atoms with Gasteiger partial charge in [0, 0.05) is 51.0 Å². The van der Waals surface area contributed by atoms with Crippen LogP contribution in [0.2, 0.25) is 0 Å². The summed E-state index contributed by atoms with van der Waals surface area (Å²) in [6, 6.07) is 6.77. The van der Waals surface area contributed by atoms with E-state index in [0.717, 1.165) is 6.54 Å². The summed E-state index contributed by atoms with van der Waals surface area (Å²) >= 11 is 0. The fraction of sp³-hybridized carbons (Fsp3) is 0.529. The molecule has 2 N–H and O–H groups in total. The molecule has 0 aliphatic heterocycles. The Kier molecular flexibility index (Phi) is 11.9. The van der Waals surface area contributed by atoms with Crippen LogP contribution >= 0.6 is 12.4 Å². The number of hydrogen-bond acceptors (Lipinski definition) is 4. The van der Waals surface area contributed by atoms with E-state index in [2.05, 4.69) is 10.6 Å². The molecule has 0 unspecified atom stereocenters. The Labute approximate surface area is 150 Å². The molecule has 0 heterocycles. The van der Waals surface area contributed by atoms with Crippen molar-refractivity contribution in [3.63, 3.8) is 0 Å². The van der Waals surface area contributed by atoms with Crippen molar-refractivity contribution in [3.8, 4) is 0 Å². The van der Waals surface area contributed by atoms with Gasteiger partial charge in [0.05, 0.1) is 6.61 Å². The predicted octanol–water partition coefficient (Wildman–Crippen LogP) is 1.56. The first kappa shape index (κ1) is 22.4. The van der Waals surface area contributed by atoms with Gasteiger partial charge in [-0.2, -0.15) is 0 Å². The maximum atomic E-state index is 12.2. The van der Waals surface area contributed by atoms with Gasteiger partial charge >= 0.3 is 0 Å². The highest BCUT2D eigenvalue weighted by Crippen LogP contribution is 2.08. The van der Waals surface area contributed by atoms with Crippen molar-refractivity contribution in [2.75, 3.05) is 46.4 Å². The second-order valence-electron chi connectivity index (χ2n) is 5.05. The van der Waals surface area contributed by atoms with Crippen molar-refractivity contribution in [1.29, 1.82) is 0 Å². The van der Waals surface area contributed by atoms with Crippen LogP contribution in [0.4, 0.5) is 0 Å². The van der Waals surface area contributed by atoms with Gasteiger partial charge in [-0.1, -0.05) is 0 Å². The zero-order chi connectivity index (χ0) is 17.1. The molecule has 0 bridgehead atoms. The number of rotatable bonds is 10. The highest BCUT2D eigenvalue weighted by Gasteiger charge is 2.13. The molecule has 6 nitrogen and oxygen atoms in total. The molecule has 0 aromatic heterocycles. The lowest BCUT2D eigenvalue weighted by Crippen LogP contribution is -2.33. The Morgan fingerprint density at radius 2 is 1.58 bits per heavy atom. The summed E-state index contributed by atoms with van der Waals surface area (Å²) in [5, 5.41) is 5.98. The fourth-order valence-electron chi connectivity index (χ4n) is 2.12. The van der Waals surface area contributed by atoms with Crippen LogP contribution in [-0.2, 0) is 4.74 Å². The molecule has 0 fully saturated rings. The summed E-state index contributed by atoms with van der Waals surface area (Å²) < 4.78 is 4.92. The van der Waals surface area contributed by atoms with Gasteiger partial charge in [0.2, 0.25) is 0 Å². The molecule has 0 saturated heterocycles. The average Bonchev–Trinajstić information content (AvgIpc) is 2.59. The van der Waals surface area contributed by atoms with Crippen molar-refractivity contribution in [2.45, 2.75) is 13.8 Å². The topological polar surface area (TPSA) is 70.7 Å². The summed E-state index contributed by atoms with van der Waals surface area (Å²) in [6.45, 7) is 7.88. The first-order valence-corrected chi connectivity index (χ1v) is 8.01. The van der Waals surface area contributed by atoms with E-state index >= 15 is 0 Å². The number of carbonyl (C=O) groups excluding carboxylic acids is 2. The van der Waals surface area contributed by atoms with E-state index in [0.29, 0.717) is 43.9 Å². The van der Waals surface area contributed by atoms with Crippen LogP contribution in [-0.4, -0.2) is 63.2 Å². The second kappa shape index (κ2) is 12.8. The quantitative estimate of drug-likeness (QED) is 0.623. The number of halogens is 1. The van der Waals surface area contributed by atoms with Crippen LogP contribution in [0, 0.1) is 0 Å². The molecule has 0 saturated carbocycles. The minimum Gasteiger partial charge on any atom is -0.383 e. The van der Waals surface area contributed by atoms with E-state index in [1.807, 2.05) is 13.8 Å². The maximum absolute atomic E-state index is 12.2. The number of benzene rings is 1. The van der Waals surface area contributed by atoms with E-state index in [9.17, 15) is 9.59 Å². The summed E-state index contributed by atoms with van der Waals surface area (Å²) in [6.07, 6.45) is 0. The van der Waals surface area contributed by atoms with Crippen LogP contribution in [0.25, 0.3) is 0 Å². The molecular weight excluding hydrogens is 330 g/mol. The van der Waals surface area contributed by atoms with Gasteiger partial charge < -0.3 is 20.3 Å². The van der Waals surface area contributed by atoms with E-state index in [1.165, 1.54) is 0 Å². The molecule has 0 spiro atoms. The van der Waals surface area contributed by atoms with Gasteiger partial charge in [-0.05, 0) is 38.1 Å². The second-order valence-corrected chi connectivity index (χ2v) is 5.05. The summed E-state index contributed by atoms with van der Waals surface area (Å²) in [5.41, 5.74) is 1.16. The third-order valence-electron chi connectivity index (χ3n) is 3.51. The summed E-state index contributed by atoms with van der Waals surface area (Å²) in [5.74, 6) is -0.148. The number of nitrogens with zero attached hydrogens (tertiary/aromatic N) is 1. The predicted molar refractivity (Wildman–Crippen MR) is 98.0 cm³/mol. The van der Waals surface area contributed by atoms with Gasteiger partial charge in [-0.15, -0.1) is 12.4 Å².